The summed E-state index contributed by atoms with van der Waals surface area (Å²) in [4.78, 5) is 47.5. The third kappa shape index (κ3) is 4.96. The molecule has 1 rings (SSSR count). The number of nitrogens with two attached hydrogens (primary N) is 1. The molecule has 11 heteroatoms. The summed E-state index contributed by atoms with van der Waals surface area (Å²) in [7, 11) is 1.96. The molecule has 8 nitrogen and oxygen atoms in total. The number of rotatable bonds is 7. The highest BCUT2D eigenvalue weighted by Gasteiger charge is 2.41. The van der Waals surface area contributed by atoms with Crippen molar-refractivity contribution in [3.8, 4) is 0 Å². The highest BCUT2D eigenvalue weighted by atomic mass is 19.1. The van der Waals surface area contributed by atoms with Crippen molar-refractivity contribution in [1.82, 2.24) is 5.32 Å². The van der Waals surface area contributed by atoms with Gasteiger partial charge in [-0.2, -0.15) is 0 Å². The molecule has 0 heterocycles. The van der Waals surface area contributed by atoms with E-state index in [2.05, 4.69) is 9.47 Å². The van der Waals surface area contributed by atoms with Crippen LogP contribution in [0.25, 0.3) is 0 Å². The van der Waals surface area contributed by atoms with E-state index >= 15 is 0 Å². The van der Waals surface area contributed by atoms with Gasteiger partial charge in [0.15, 0.2) is 5.92 Å². The molecule has 0 unspecified atom stereocenters. The summed E-state index contributed by atoms with van der Waals surface area (Å²) in [5.41, 5.74) is 4.02. The lowest BCUT2D eigenvalue weighted by Crippen LogP contribution is -2.53. The first-order valence-electron chi connectivity index (χ1n) is 7.45. The molecule has 3 N–H and O–H groups in total. The Hall–Kier alpha value is -3.11. The van der Waals surface area contributed by atoms with Gasteiger partial charge >= 0.3 is 11.9 Å². The van der Waals surface area contributed by atoms with Crippen molar-refractivity contribution < 1.29 is 41.8 Å². The molecule has 0 saturated heterocycles. The van der Waals surface area contributed by atoms with Crippen LogP contribution in [0, 0.1) is 29.3 Å². The predicted octanol–water partition coefficient (Wildman–Crippen LogP) is 0.286. The second-order valence-electron chi connectivity index (χ2n) is 5.48. The highest BCUT2D eigenvalue weighted by molar-refractivity contribution is 5.99. The number of amides is 2. The van der Waals surface area contributed by atoms with Gasteiger partial charge in [0.05, 0.1) is 14.2 Å². The standard InChI is InChI=1S/C16H17F3N2O6/c1-6(10(15(24)26-2)16(25)27-3)12(13(20)22)21-14(23)11-8(18)4-7(17)5-9(11)19/h4-6,10,12H,1-3H3,(H2,20,22)(H,21,23)/t6-,12-/m0/s1. The van der Waals surface area contributed by atoms with Crippen molar-refractivity contribution in [2.45, 2.75) is 13.0 Å². The van der Waals surface area contributed by atoms with E-state index in [0.29, 0.717) is 0 Å². The maximum absolute atomic E-state index is 13.7. The fraction of sp³-hybridized carbons (Fsp3) is 0.375. The second kappa shape index (κ2) is 9.01. The molecular formula is C16H17F3N2O6. The molecule has 0 aliphatic heterocycles. The van der Waals surface area contributed by atoms with Gasteiger partial charge in [0.2, 0.25) is 5.91 Å². The number of carbonyl (C=O) groups excluding carboxylic acids is 4. The highest BCUT2D eigenvalue weighted by Crippen LogP contribution is 2.21. The number of benzene rings is 1. The number of methoxy groups -OCH3 is 2. The summed E-state index contributed by atoms with van der Waals surface area (Å²) in [6.07, 6.45) is 0. The van der Waals surface area contributed by atoms with Crippen LogP contribution >= 0.6 is 0 Å². The average molecular weight is 390 g/mol. The van der Waals surface area contributed by atoms with Gasteiger partial charge in [-0.05, 0) is 0 Å². The van der Waals surface area contributed by atoms with Crippen molar-refractivity contribution in [1.29, 1.82) is 0 Å². The molecular weight excluding hydrogens is 373 g/mol. The van der Waals surface area contributed by atoms with Crippen LogP contribution in [-0.4, -0.2) is 44.0 Å². The zero-order valence-electron chi connectivity index (χ0n) is 14.5. The fourth-order valence-electron chi connectivity index (χ4n) is 2.41. The van der Waals surface area contributed by atoms with E-state index in [4.69, 9.17) is 5.73 Å². The van der Waals surface area contributed by atoms with E-state index in [1.807, 2.05) is 5.32 Å². The zero-order chi connectivity index (χ0) is 20.9. The molecule has 2 atom stereocenters. The van der Waals surface area contributed by atoms with Crippen LogP contribution in [0.3, 0.4) is 0 Å². The lowest BCUT2D eigenvalue weighted by Gasteiger charge is -2.26. The second-order valence-corrected chi connectivity index (χ2v) is 5.48. The topological polar surface area (TPSA) is 125 Å². The van der Waals surface area contributed by atoms with E-state index in [-0.39, 0.29) is 12.1 Å². The molecule has 0 aliphatic rings. The van der Waals surface area contributed by atoms with Crippen molar-refractivity contribution >= 4 is 23.8 Å². The number of ether oxygens (including phenoxy) is 2. The smallest absolute Gasteiger partial charge is 0.320 e. The first-order chi connectivity index (χ1) is 12.5. The molecule has 1 aromatic rings. The third-order valence-electron chi connectivity index (χ3n) is 3.79. The Balaban J connectivity index is 3.22. The lowest BCUT2D eigenvalue weighted by molar-refractivity contribution is -0.161. The lowest BCUT2D eigenvalue weighted by atomic mass is 9.86. The van der Waals surface area contributed by atoms with Crippen molar-refractivity contribution in [3.63, 3.8) is 0 Å². The molecule has 0 saturated carbocycles. The summed E-state index contributed by atoms with van der Waals surface area (Å²) in [5.74, 6) is -12.0. The summed E-state index contributed by atoms with van der Waals surface area (Å²) >= 11 is 0. The van der Waals surface area contributed by atoms with Crippen LogP contribution in [0.5, 0.6) is 0 Å². The van der Waals surface area contributed by atoms with Crippen LogP contribution in [0.2, 0.25) is 0 Å². The largest absolute Gasteiger partial charge is 0.468 e. The molecule has 27 heavy (non-hydrogen) atoms. The van der Waals surface area contributed by atoms with Crippen LogP contribution in [0.15, 0.2) is 12.1 Å². The molecule has 0 fully saturated rings. The first-order valence-corrected chi connectivity index (χ1v) is 7.45. The van der Waals surface area contributed by atoms with E-state index in [1.165, 1.54) is 6.92 Å². The van der Waals surface area contributed by atoms with Crippen LogP contribution < -0.4 is 11.1 Å². The molecule has 0 radical (unpaired) electrons. The van der Waals surface area contributed by atoms with E-state index in [9.17, 15) is 32.3 Å². The number of hydrogen-bond donors (Lipinski definition) is 2. The van der Waals surface area contributed by atoms with Gasteiger partial charge in [-0.25, -0.2) is 13.2 Å². The van der Waals surface area contributed by atoms with E-state index in [1.54, 1.807) is 0 Å². The van der Waals surface area contributed by atoms with Gasteiger partial charge in [0.25, 0.3) is 5.91 Å². The number of hydrogen-bond acceptors (Lipinski definition) is 6. The minimum absolute atomic E-state index is 0.270. The van der Waals surface area contributed by atoms with Crippen molar-refractivity contribution in [3.05, 3.63) is 35.1 Å². The Morgan fingerprint density at radius 1 is 1.00 bits per heavy atom. The fourth-order valence-corrected chi connectivity index (χ4v) is 2.41. The Kier molecular flexibility index (Phi) is 7.32. The normalized spacial score (nSPS) is 12.9. The summed E-state index contributed by atoms with van der Waals surface area (Å²) in [5, 5.41) is 1.94. The van der Waals surface area contributed by atoms with Crippen molar-refractivity contribution in [2.24, 2.45) is 17.6 Å². The minimum Gasteiger partial charge on any atom is -0.468 e. The number of primary amides is 1. The van der Waals surface area contributed by atoms with Gasteiger partial charge in [0, 0.05) is 18.1 Å². The van der Waals surface area contributed by atoms with E-state index < -0.39 is 64.6 Å². The Bertz CT molecular complexity index is 732. The zero-order valence-corrected chi connectivity index (χ0v) is 14.5. The molecule has 0 aliphatic carbocycles. The molecule has 0 spiro atoms. The molecule has 1 aromatic carbocycles. The number of esters is 2. The Morgan fingerprint density at radius 3 is 1.81 bits per heavy atom. The minimum atomic E-state index is -1.70. The quantitative estimate of drug-likeness (QED) is 0.509. The van der Waals surface area contributed by atoms with Gasteiger partial charge in [-0.3, -0.25) is 19.2 Å². The number of nitrogens with one attached hydrogen (secondary N) is 1. The van der Waals surface area contributed by atoms with Crippen molar-refractivity contribution in [2.75, 3.05) is 14.2 Å². The average Bonchev–Trinajstić information content (AvgIpc) is 2.57. The summed E-state index contributed by atoms with van der Waals surface area (Å²) in [6, 6.07) is -1.16. The van der Waals surface area contributed by atoms with Crippen LogP contribution in [0.4, 0.5) is 13.2 Å². The maximum Gasteiger partial charge on any atom is 0.320 e. The summed E-state index contributed by atoms with van der Waals surface area (Å²) < 4.78 is 49.4. The molecule has 148 valence electrons. The Morgan fingerprint density at radius 2 is 1.44 bits per heavy atom. The Labute approximate surface area is 151 Å². The number of carbonyl (C=O) groups is 4. The van der Waals surface area contributed by atoms with Gasteiger partial charge in [-0.1, -0.05) is 6.92 Å². The van der Waals surface area contributed by atoms with E-state index in [0.717, 1.165) is 14.2 Å². The SMILES string of the molecule is COC(=O)C(C(=O)OC)[C@H](C)[C@H](NC(=O)c1c(F)cc(F)cc1F)C(N)=O. The van der Waals surface area contributed by atoms with Gasteiger partial charge in [0.1, 0.15) is 29.1 Å². The van der Waals surface area contributed by atoms with Crippen LogP contribution in [0.1, 0.15) is 17.3 Å². The number of halogens is 3. The monoisotopic (exact) mass is 390 g/mol. The first kappa shape index (κ1) is 21.9. The molecule has 0 aromatic heterocycles. The summed E-state index contributed by atoms with van der Waals surface area (Å²) in [6.45, 7) is 1.20. The molecule has 0 bridgehead atoms. The van der Waals surface area contributed by atoms with Gasteiger partial charge < -0.3 is 20.5 Å². The molecule has 2 amide bonds. The maximum atomic E-state index is 13.7. The third-order valence-corrected chi connectivity index (χ3v) is 3.79. The van der Waals surface area contributed by atoms with Crippen LogP contribution in [-0.2, 0) is 23.9 Å². The van der Waals surface area contributed by atoms with Gasteiger partial charge in [-0.15, -0.1) is 0 Å². The predicted molar refractivity (Wildman–Crippen MR) is 83.5 cm³/mol.